The van der Waals surface area contributed by atoms with E-state index in [1.54, 1.807) is 25.2 Å². The molecule has 1 aromatic heterocycles. The number of nitrogens with one attached hydrogen (secondary N) is 2. The van der Waals surface area contributed by atoms with E-state index in [0.29, 0.717) is 16.4 Å². The van der Waals surface area contributed by atoms with Crippen LogP contribution in [0.15, 0.2) is 40.7 Å². The maximum atomic E-state index is 12.4. The second-order valence-corrected chi connectivity index (χ2v) is 6.73. The van der Waals surface area contributed by atoms with Crippen LogP contribution in [0.2, 0.25) is 5.02 Å². The smallest absolute Gasteiger partial charge is 0.274 e. The molecule has 0 amide bonds. The zero-order valence-corrected chi connectivity index (χ0v) is 15.2. The van der Waals surface area contributed by atoms with Gasteiger partial charge in [0.1, 0.15) is 23.0 Å². The first-order valence-corrected chi connectivity index (χ1v) is 8.50. The summed E-state index contributed by atoms with van der Waals surface area (Å²) in [4.78, 5) is 12.4. The van der Waals surface area contributed by atoms with E-state index in [2.05, 4.69) is 10.6 Å². The number of anilines is 2. The fourth-order valence-electron chi connectivity index (χ4n) is 2.78. The first-order chi connectivity index (χ1) is 11.9. The van der Waals surface area contributed by atoms with E-state index in [-0.39, 0.29) is 11.6 Å². The van der Waals surface area contributed by atoms with Crippen molar-refractivity contribution in [2.45, 2.75) is 18.5 Å². The highest BCUT2D eigenvalue weighted by Crippen LogP contribution is 2.32. The van der Waals surface area contributed by atoms with Crippen LogP contribution < -0.4 is 16.2 Å². The Balaban J connectivity index is 1.91. The maximum absolute atomic E-state index is 12.4. The van der Waals surface area contributed by atoms with Crippen molar-refractivity contribution in [2.24, 2.45) is 7.05 Å². The van der Waals surface area contributed by atoms with Crippen LogP contribution in [0.1, 0.15) is 18.2 Å². The molecule has 0 bridgehead atoms. The van der Waals surface area contributed by atoms with Gasteiger partial charge in [-0.25, -0.2) is 0 Å². The minimum Gasteiger partial charge on any atom is -0.374 e. The van der Waals surface area contributed by atoms with Crippen LogP contribution >= 0.6 is 23.2 Å². The first kappa shape index (κ1) is 17.4. The van der Waals surface area contributed by atoms with Crippen LogP contribution in [0.3, 0.4) is 0 Å². The third kappa shape index (κ3) is 3.37. The summed E-state index contributed by atoms with van der Waals surface area (Å²) in [6.07, 6.45) is 1.97. The van der Waals surface area contributed by atoms with Gasteiger partial charge in [-0.3, -0.25) is 4.79 Å². The summed E-state index contributed by atoms with van der Waals surface area (Å²) in [7, 11) is 1.57. The van der Waals surface area contributed by atoms with Crippen molar-refractivity contribution in [1.82, 2.24) is 4.57 Å². The van der Waals surface area contributed by atoms with Crippen LogP contribution in [0, 0.1) is 11.3 Å². The number of aromatic nitrogens is 1. The molecule has 1 aliphatic rings. The Bertz CT molecular complexity index is 959. The van der Waals surface area contributed by atoms with E-state index in [1.165, 1.54) is 4.57 Å². The number of rotatable bonds is 3. The molecule has 1 unspecified atom stereocenters. The molecule has 0 radical (unpaired) electrons. The number of alkyl halides is 1. The summed E-state index contributed by atoms with van der Waals surface area (Å²) in [6.45, 7) is 1.93. The molecule has 0 fully saturated rings. The molecule has 128 valence electrons. The summed E-state index contributed by atoms with van der Waals surface area (Å²) >= 11 is 12.5. The Labute approximate surface area is 155 Å². The van der Waals surface area contributed by atoms with Gasteiger partial charge in [-0.05, 0) is 54.5 Å². The normalized spacial score (nSPS) is 16.9. The van der Waals surface area contributed by atoms with Crippen molar-refractivity contribution >= 4 is 40.7 Å². The van der Waals surface area contributed by atoms with Crippen molar-refractivity contribution in [3.05, 3.63) is 62.5 Å². The number of hydrogen-bond donors (Lipinski definition) is 2. The van der Waals surface area contributed by atoms with Gasteiger partial charge in [0.05, 0.1) is 0 Å². The number of nitriles is 1. The van der Waals surface area contributed by atoms with Gasteiger partial charge in [-0.2, -0.15) is 5.26 Å². The summed E-state index contributed by atoms with van der Waals surface area (Å²) in [5.74, 6) is 0. The largest absolute Gasteiger partial charge is 0.374 e. The van der Waals surface area contributed by atoms with Crippen molar-refractivity contribution in [2.75, 3.05) is 10.6 Å². The molecule has 0 aliphatic carbocycles. The predicted octanol–water partition coefficient (Wildman–Crippen LogP) is 3.78. The fourth-order valence-corrected chi connectivity index (χ4v) is 3.33. The molecule has 5 nitrogen and oxygen atoms in total. The van der Waals surface area contributed by atoms with Crippen LogP contribution in [0.5, 0.6) is 0 Å². The average Bonchev–Trinajstić information content (AvgIpc) is 2.59. The Morgan fingerprint density at radius 2 is 2.12 bits per heavy atom. The second kappa shape index (κ2) is 6.83. The summed E-state index contributed by atoms with van der Waals surface area (Å²) in [5, 5.41) is 16.0. The number of halogens is 2. The number of nitrogens with zero attached hydrogens (tertiary/aromatic N) is 2. The average molecular weight is 375 g/mol. The highest BCUT2D eigenvalue weighted by Gasteiger charge is 2.23. The quantitative estimate of drug-likeness (QED) is 0.633. The number of pyridine rings is 1. The molecule has 1 aliphatic heterocycles. The number of fused-ring (bicyclic) bond motifs is 1. The Morgan fingerprint density at radius 3 is 2.84 bits per heavy atom. The number of benzene rings is 1. The van der Waals surface area contributed by atoms with E-state index < -0.39 is 5.50 Å². The van der Waals surface area contributed by atoms with Gasteiger partial charge >= 0.3 is 0 Å². The molecule has 2 aromatic rings. The molecule has 0 spiro atoms. The molecule has 2 heterocycles. The van der Waals surface area contributed by atoms with E-state index in [0.717, 1.165) is 16.8 Å². The van der Waals surface area contributed by atoms with E-state index in [9.17, 15) is 4.79 Å². The molecule has 0 saturated heterocycles. The van der Waals surface area contributed by atoms with Gasteiger partial charge in [0.2, 0.25) is 0 Å². The third-order valence-corrected chi connectivity index (χ3v) is 4.80. The molecular weight excluding hydrogens is 359 g/mol. The second-order valence-electron chi connectivity index (χ2n) is 5.86. The molecule has 2 atom stereocenters. The van der Waals surface area contributed by atoms with Gasteiger partial charge in [0.15, 0.2) is 0 Å². The van der Waals surface area contributed by atoms with Crippen molar-refractivity contribution in [3.63, 3.8) is 0 Å². The van der Waals surface area contributed by atoms with Gasteiger partial charge in [0, 0.05) is 23.8 Å². The predicted molar refractivity (Wildman–Crippen MR) is 102 cm³/mol. The lowest BCUT2D eigenvalue weighted by Gasteiger charge is -2.28. The molecule has 2 N–H and O–H groups in total. The highest BCUT2D eigenvalue weighted by molar-refractivity contribution is 6.31. The zero-order valence-electron chi connectivity index (χ0n) is 13.7. The van der Waals surface area contributed by atoms with Crippen LogP contribution in [-0.4, -0.2) is 16.1 Å². The Hall–Kier alpha value is -2.42. The van der Waals surface area contributed by atoms with Crippen LogP contribution in [0.4, 0.5) is 11.4 Å². The van der Waals surface area contributed by atoms with Gasteiger partial charge in [-0.1, -0.05) is 23.2 Å². The lowest BCUT2D eigenvalue weighted by molar-refractivity contribution is 0.825. The summed E-state index contributed by atoms with van der Waals surface area (Å²) < 4.78 is 1.32. The molecule has 3 rings (SSSR count). The Kier molecular flexibility index (Phi) is 4.76. The van der Waals surface area contributed by atoms with E-state index in [1.807, 2.05) is 31.2 Å². The monoisotopic (exact) mass is 374 g/mol. The Morgan fingerprint density at radius 1 is 1.36 bits per heavy atom. The van der Waals surface area contributed by atoms with E-state index in [4.69, 9.17) is 28.5 Å². The van der Waals surface area contributed by atoms with Crippen molar-refractivity contribution < 1.29 is 0 Å². The molecular formula is C18H16Cl2N4O. The van der Waals surface area contributed by atoms with Crippen molar-refractivity contribution in [1.29, 1.82) is 5.26 Å². The SMILES string of the molecule is C[C@H](Nc1ccc(C#N)n(C)c1=O)C1=Cc2cc(Cl)ccc2NC1Cl. The van der Waals surface area contributed by atoms with Gasteiger partial charge in [0.25, 0.3) is 5.56 Å². The lowest BCUT2D eigenvalue weighted by Crippen LogP contribution is -2.33. The number of hydrogen-bond acceptors (Lipinski definition) is 4. The van der Waals surface area contributed by atoms with Crippen LogP contribution in [0.25, 0.3) is 6.08 Å². The zero-order chi connectivity index (χ0) is 18.1. The first-order valence-electron chi connectivity index (χ1n) is 7.69. The molecule has 0 saturated carbocycles. The molecule has 25 heavy (non-hydrogen) atoms. The van der Waals surface area contributed by atoms with Gasteiger partial charge in [-0.15, -0.1) is 0 Å². The fraction of sp³-hybridized carbons (Fsp3) is 0.222. The summed E-state index contributed by atoms with van der Waals surface area (Å²) in [5.41, 5.74) is 2.80. The van der Waals surface area contributed by atoms with Crippen molar-refractivity contribution in [3.8, 4) is 6.07 Å². The molecule has 7 heteroatoms. The maximum Gasteiger partial charge on any atom is 0.274 e. The topological polar surface area (TPSA) is 69.8 Å². The highest BCUT2D eigenvalue weighted by atomic mass is 35.5. The third-order valence-electron chi connectivity index (χ3n) is 4.20. The molecule has 1 aromatic carbocycles. The minimum atomic E-state index is -0.404. The summed E-state index contributed by atoms with van der Waals surface area (Å²) in [6, 6.07) is 10.6. The standard InChI is InChI=1S/C18H16Cl2N4O/c1-10(22-16-6-4-13(9-21)24(2)18(16)25)14-8-11-7-12(19)3-5-15(11)23-17(14)20/h3-8,10,17,22-23H,1-2H3/t10-,17?/m0/s1. The minimum absolute atomic E-state index is 0.192. The van der Waals surface area contributed by atoms with Gasteiger partial charge < -0.3 is 15.2 Å². The lowest BCUT2D eigenvalue weighted by atomic mass is 9.99. The van der Waals surface area contributed by atoms with E-state index >= 15 is 0 Å². The van der Waals surface area contributed by atoms with Crippen LogP contribution in [-0.2, 0) is 7.05 Å².